The molecule has 372 valence electrons. The molecule has 0 fully saturated rings. The topological polar surface area (TPSA) is 9.86 Å². The minimum atomic E-state index is -0.168. The molecule has 2 heterocycles. The van der Waals surface area contributed by atoms with Gasteiger partial charge >= 0.3 is 0 Å². The van der Waals surface area contributed by atoms with Crippen molar-refractivity contribution >= 4 is 55.8 Å². The van der Waals surface area contributed by atoms with E-state index in [1.807, 2.05) is 0 Å². The molecule has 13 aromatic rings. The second-order valence-electron chi connectivity index (χ2n) is 23.1. The fourth-order valence-corrected chi connectivity index (χ4v) is 13.6. The van der Waals surface area contributed by atoms with Crippen molar-refractivity contribution in [2.45, 2.75) is 52.4 Å². The minimum Gasteiger partial charge on any atom is -0.309 e. The molecule has 0 saturated heterocycles. The molecule has 11 aromatic carbocycles. The van der Waals surface area contributed by atoms with Crippen molar-refractivity contribution in [3.8, 4) is 67.0 Å². The summed E-state index contributed by atoms with van der Waals surface area (Å²) in [6, 6.07) is 86.6. The van der Waals surface area contributed by atoms with Crippen LogP contribution in [0.15, 0.2) is 231 Å². The molecule has 0 saturated carbocycles. The van der Waals surface area contributed by atoms with Crippen molar-refractivity contribution in [3.05, 3.63) is 275 Å². The number of aryl methyl sites for hydroxylation is 2. The Hall–Kier alpha value is -9.24. The Kier molecular flexibility index (Phi) is 10.1. The third-order valence-electron chi connectivity index (χ3n) is 17.6. The molecule has 0 bridgehead atoms. The molecule has 0 amide bonds. The lowest BCUT2D eigenvalue weighted by molar-refractivity contribution is 0.660. The van der Waals surface area contributed by atoms with Gasteiger partial charge in [-0.3, -0.25) is 0 Å². The highest BCUT2D eigenvalue weighted by atomic mass is 15.0. The first-order chi connectivity index (χ1) is 38.0. The molecule has 15 rings (SSSR count). The van der Waals surface area contributed by atoms with Gasteiger partial charge in [-0.2, -0.15) is 0 Å². The third-order valence-corrected chi connectivity index (χ3v) is 17.6. The molecule has 2 aliphatic rings. The average molecular weight is 999 g/mol. The summed E-state index contributed by atoms with van der Waals surface area (Å²) in [4.78, 5) is 0. The first-order valence-corrected chi connectivity index (χ1v) is 27.5. The summed E-state index contributed by atoms with van der Waals surface area (Å²) in [6.07, 6.45) is 4.47. The Morgan fingerprint density at radius 1 is 0.282 bits per heavy atom. The summed E-state index contributed by atoms with van der Waals surface area (Å²) < 4.78 is 4.80. The summed E-state index contributed by atoms with van der Waals surface area (Å²) in [5.74, 6) is 0. The zero-order chi connectivity index (χ0) is 52.6. The van der Waals surface area contributed by atoms with Crippen LogP contribution in [0.5, 0.6) is 0 Å². The molecular formula is C76H58N2. The van der Waals surface area contributed by atoms with E-state index in [1.54, 1.807) is 0 Å². The molecule has 0 N–H and O–H groups in total. The quantitative estimate of drug-likeness (QED) is 0.141. The monoisotopic (exact) mass is 998 g/mol. The molecule has 2 nitrogen and oxygen atoms in total. The Bertz CT molecular complexity index is 4650. The van der Waals surface area contributed by atoms with E-state index in [4.69, 9.17) is 0 Å². The molecule has 2 aromatic heterocycles. The van der Waals surface area contributed by atoms with E-state index >= 15 is 0 Å². The summed E-state index contributed by atoms with van der Waals surface area (Å²) in [5, 5.41) is 5.08. The average Bonchev–Trinajstić information content (AvgIpc) is 4.33. The molecule has 2 heteroatoms. The van der Waals surface area contributed by atoms with Crippen LogP contribution in [-0.4, -0.2) is 9.13 Å². The Morgan fingerprint density at radius 2 is 0.654 bits per heavy atom. The van der Waals surface area contributed by atoms with Gasteiger partial charge in [-0.1, -0.05) is 185 Å². The molecule has 2 aliphatic carbocycles. The standard InChI is InChI=1S/C76H58N2/c1-47-38-48(2)40-58(39-47)78-72-19-13-11-17-64(72)66-42-52(31-37-74(66)78)54-28-33-60-62-35-30-56(46-70(62)76(5,6)68(60)44-54)55-29-34-61-59-32-27-53(43-67(59)75(3,4)69(61)45-55)51-25-22-49(23-26-51)20-21-50-24-36-73-65(41-50)63-16-10-12-18-71(63)77(73)57-14-8-7-9-15-57/h7-46H,1-6H3. The maximum atomic E-state index is 2.47. The van der Waals surface area contributed by atoms with Gasteiger partial charge in [0, 0.05) is 43.7 Å². The van der Waals surface area contributed by atoms with Crippen LogP contribution in [0.25, 0.3) is 123 Å². The second-order valence-corrected chi connectivity index (χ2v) is 23.1. The van der Waals surface area contributed by atoms with Crippen molar-refractivity contribution in [1.82, 2.24) is 9.13 Å². The smallest absolute Gasteiger partial charge is 0.0541 e. The number of aromatic nitrogens is 2. The third kappa shape index (κ3) is 7.09. The van der Waals surface area contributed by atoms with E-state index in [0.29, 0.717) is 0 Å². The Balaban J connectivity index is 0.688. The molecule has 0 spiro atoms. The summed E-state index contributed by atoms with van der Waals surface area (Å²) in [7, 11) is 0. The largest absolute Gasteiger partial charge is 0.309 e. The normalized spacial score (nSPS) is 13.9. The fraction of sp³-hybridized carbons (Fsp3) is 0.105. The van der Waals surface area contributed by atoms with Crippen LogP contribution < -0.4 is 0 Å². The molecule has 0 radical (unpaired) electrons. The van der Waals surface area contributed by atoms with Gasteiger partial charge in [-0.15, -0.1) is 0 Å². The number of benzene rings is 11. The zero-order valence-electron chi connectivity index (χ0n) is 45.0. The van der Waals surface area contributed by atoms with Crippen molar-refractivity contribution in [2.24, 2.45) is 0 Å². The van der Waals surface area contributed by atoms with Crippen molar-refractivity contribution in [1.29, 1.82) is 0 Å². The summed E-state index contributed by atoms with van der Waals surface area (Å²) >= 11 is 0. The van der Waals surface area contributed by atoms with E-state index in [1.165, 1.54) is 155 Å². The van der Waals surface area contributed by atoms with Gasteiger partial charge in [0.1, 0.15) is 0 Å². The number of hydrogen-bond donors (Lipinski definition) is 0. The lowest BCUT2D eigenvalue weighted by atomic mass is 9.79. The van der Waals surface area contributed by atoms with Gasteiger partial charge in [0.15, 0.2) is 0 Å². The van der Waals surface area contributed by atoms with Crippen molar-refractivity contribution in [3.63, 3.8) is 0 Å². The van der Waals surface area contributed by atoms with Crippen LogP contribution in [0, 0.1) is 13.8 Å². The Labute approximate surface area is 456 Å². The maximum absolute atomic E-state index is 2.47. The van der Waals surface area contributed by atoms with E-state index in [2.05, 4.69) is 293 Å². The molecule has 0 aliphatic heterocycles. The van der Waals surface area contributed by atoms with E-state index in [9.17, 15) is 0 Å². The van der Waals surface area contributed by atoms with E-state index in [0.717, 1.165) is 0 Å². The second kappa shape index (κ2) is 17.1. The van der Waals surface area contributed by atoms with Crippen LogP contribution in [0.4, 0.5) is 0 Å². The predicted octanol–water partition coefficient (Wildman–Crippen LogP) is 20.3. The highest BCUT2D eigenvalue weighted by Gasteiger charge is 2.38. The first-order valence-electron chi connectivity index (χ1n) is 27.5. The number of rotatable bonds is 7. The summed E-state index contributed by atoms with van der Waals surface area (Å²) in [5.41, 5.74) is 30.3. The van der Waals surface area contributed by atoms with E-state index in [-0.39, 0.29) is 10.8 Å². The van der Waals surface area contributed by atoms with Gasteiger partial charge in [0.25, 0.3) is 0 Å². The number of para-hydroxylation sites is 3. The molecular weight excluding hydrogens is 941 g/mol. The maximum Gasteiger partial charge on any atom is 0.0541 e. The van der Waals surface area contributed by atoms with Crippen LogP contribution in [0.3, 0.4) is 0 Å². The molecule has 0 unspecified atom stereocenters. The first kappa shape index (κ1) is 46.1. The summed E-state index contributed by atoms with van der Waals surface area (Å²) in [6.45, 7) is 14.0. The molecule has 78 heavy (non-hydrogen) atoms. The van der Waals surface area contributed by atoms with Crippen molar-refractivity contribution < 1.29 is 0 Å². The highest BCUT2D eigenvalue weighted by Crippen LogP contribution is 2.53. The Morgan fingerprint density at radius 3 is 1.18 bits per heavy atom. The molecule has 0 atom stereocenters. The number of fused-ring (bicyclic) bond motifs is 12. The van der Waals surface area contributed by atoms with Crippen LogP contribution in [0.2, 0.25) is 0 Å². The number of nitrogens with zero attached hydrogens (tertiary/aromatic N) is 2. The van der Waals surface area contributed by atoms with Crippen LogP contribution in [0.1, 0.15) is 72.2 Å². The lowest BCUT2D eigenvalue weighted by Gasteiger charge is -2.24. The van der Waals surface area contributed by atoms with Crippen molar-refractivity contribution in [2.75, 3.05) is 0 Å². The minimum absolute atomic E-state index is 0.159. The van der Waals surface area contributed by atoms with Crippen LogP contribution >= 0.6 is 0 Å². The van der Waals surface area contributed by atoms with Gasteiger partial charge in [-0.25, -0.2) is 0 Å². The van der Waals surface area contributed by atoms with Crippen LogP contribution in [-0.2, 0) is 10.8 Å². The zero-order valence-corrected chi connectivity index (χ0v) is 45.0. The fourth-order valence-electron chi connectivity index (χ4n) is 13.6. The SMILES string of the molecule is Cc1cc(C)cc(-n2c3ccccc3c3cc(-c4ccc5c(c4)C(C)(C)c4cc(-c6ccc7c(c6)C(C)(C)c6cc(-c8ccc(C=Cc9ccc%10c(c9)c9ccccc9n%10-c9ccccc9)cc8)ccc6-7)ccc4-5)ccc32)c1. The lowest BCUT2D eigenvalue weighted by Crippen LogP contribution is -2.15. The van der Waals surface area contributed by atoms with Gasteiger partial charge < -0.3 is 9.13 Å². The predicted molar refractivity (Wildman–Crippen MR) is 331 cm³/mol. The van der Waals surface area contributed by atoms with Gasteiger partial charge in [0.2, 0.25) is 0 Å². The van der Waals surface area contributed by atoms with Gasteiger partial charge in [0.05, 0.1) is 22.1 Å². The van der Waals surface area contributed by atoms with E-state index < -0.39 is 0 Å². The van der Waals surface area contributed by atoms with Gasteiger partial charge in [-0.05, 0) is 199 Å². The number of hydrogen-bond acceptors (Lipinski definition) is 0. The highest BCUT2D eigenvalue weighted by molar-refractivity contribution is 6.11.